The number of fused-ring (bicyclic) bond motifs is 1. The molecule has 0 radical (unpaired) electrons. The molecule has 1 atom stereocenters. The van der Waals surface area contributed by atoms with Gasteiger partial charge in [-0.1, -0.05) is 18.2 Å². The summed E-state index contributed by atoms with van der Waals surface area (Å²) in [6.07, 6.45) is 6.88. The number of ether oxygens (including phenoxy) is 1. The van der Waals surface area contributed by atoms with Crippen molar-refractivity contribution in [3.05, 3.63) is 36.9 Å². The van der Waals surface area contributed by atoms with E-state index in [0.29, 0.717) is 6.61 Å². The number of rotatable bonds is 5. The normalized spacial score (nSPS) is 21.0. The number of piperidine rings is 1. The Labute approximate surface area is 149 Å². The molecule has 0 saturated carbocycles. The summed E-state index contributed by atoms with van der Waals surface area (Å²) in [7, 11) is 0. The van der Waals surface area contributed by atoms with E-state index in [9.17, 15) is 0 Å². The van der Waals surface area contributed by atoms with E-state index in [4.69, 9.17) is 14.7 Å². The minimum absolute atomic E-state index is 0.250. The summed E-state index contributed by atoms with van der Waals surface area (Å²) < 4.78 is 5.86. The lowest BCUT2D eigenvalue weighted by atomic mass is 10.1. The SMILES string of the molecule is C=CCOC1CCN(c2nc3ccccc3nc2N2CCCCC2)C1. The molecule has 1 aromatic carbocycles. The van der Waals surface area contributed by atoms with E-state index in [1.807, 2.05) is 24.3 Å². The maximum absolute atomic E-state index is 5.86. The van der Waals surface area contributed by atoms with Crippen LogP contribution in [0.3, 0.4) is 0 Å². The molecule has 0 N–H and O–H groups in total. The number of nitrogens with zero attached hydrogens (tertiary/aromatic N) is 4. The Morgan fingerprint density at radius 2 is 1.68 bits per heavy atom. The van der Waals surface area contributed by atoms with Gasteiger partial charge in [0.15, 0.2) is 11.6 Å². The Hall–Kier alpha value is -2.14. The standard InChI is InChI=1S/C20H26N4O/c1-2-14-25-16-10-13-24(15-16)20-19(23-11-6-3-7-12-23)21-17-8-4-5-9-18(17)22-20/h2,4-5,8-9,16H,1,3,6-7,10-15H2. The molecule has 5 heteroatoms. The van der Waals surface area contributed by atoms with Gasteiger partial charge in [-0.05, 0) is 37.8 Å². The van der Waals surface area contributed by atoms with Gasteiger partial charge in [-0.3, -0.25) is 0 Å². The molecule has 3 heterocycles. The van der Waals surface area contributed by atoms with E-state index in [1.54, 1.807) is 0 Å². The lowest BCUT2D eigenvalue weighted by Gasteiger charge is -2.31. The molecule has 2 fully saturated rings. The van der Waals surface area contributed by atoms with Crippen LogP contribution in [0, 0.1) is 0 Å². The molecule has 25 heavy (non-hydrogen) atoms. The van der Waals surface area contributed by atoms with Gasteiger partial charge in [-0.2, -0.15) is 0 Å². The van der Waals surface area contributed by atoms with Crippen LogP contribution in [0.2, 0.25) is 0 Å². The Morgan fingerprint density at radius 3 is 2.36 bits per heavy atom. The molecule has 0 amide bonds. The summed E-state index contributed by atoms with van der Waals surface area (Å²) in [5.41, 5.74) is 1.94. The highest BCUT2D eigenvalue weighted by molar-refractivity contribution is 5.81. The zero-order chi connectivity index (χ0) is 17.1. The summed E-state index contributed by atoms with van der Waals surface area (Å²) in [6, 6.07) is 8.17. The first-order valence-corrected chi connectivity index (χ1v) is 9.34. The fraction of sp³-hybridized carbons (Fsp3) is 0.500. The fourth-order valence-corrected chi connectivity index (χ4v) is 3.77. The van der Waals surface area contributed by atoms with Gasteiger partial charge in [0, 0.05) is 26.2 Å². The topological polar surface area (TPSA) is 41.5 Å². The highest BCUT2D eigenvalue weighted by atomic mass is 16.5. The van der Waals surface area contributed by atoms with E-state index in [0.717, 1.165) is 55.3 Å². The van der Waals surface area contributed by atoms with Crippen molar-refractivity contribution in [1.29, 1.82) is 0 Å². The van der Waals surface area contributed by atoms with Gasteiger partial charge >= 0.3 is 0 Å². The van der Waals surface area contributed by atoms with Gasteiger partial charge in [0.1, 0.15) is 0 Å². The smallest absolute Gasteiger partial charge is 0.172 e. The Bertz CT molecular complexity index is 742. The summed E-state index contributed by atoms with van der Waals surface area (Å²) in [5, 5.41) is 0. The van der Waals surface area contributed by atoms with Crippen LogP contribution in [0.1, 0.15) is 25.7 Å². The monoisotopic (exact) mass is 338 g/mol. The van der Waals surface area contributed by atoms with Gasteiger partial charge in [-0.15, -0.1) is 6.58 Å². The fourth-order valence-electron chi connectivity index (χ4n) is 3.77. The van der Waals surface area contributed by atoms with Gasteiger partial charge in [0.05, 0.1) is 23.7 Å². The molecule has 2 aromatic rings. The number of aromatic nitrogens is 2. The molecule has 2 aliphatic rings. The van der Waals surface area contributed by atoms with E-state index >= 15 is 0 Å². The first-order chi connectivity index (χ1) is 12.3. The quantitative estimate of drug-likeness (QED) is 0.782. The molecular formula is C20H26N4O. The molecule has 2 saturated heterocycles. The lowest BCUT2D eigenvalue weighted by molar-refractivity contribution is 0.0909. The molecule has 1 aromatic heterocycles. The third kappa shape index (κ3) is 3.47. The number of para-hydroxylation sites is 2. The minimum atomic E-state index is 0.250. The van der Waals surface area contributed by atoms with E-state index in [1.165, 1.54) is 19.3 Å². The molecule has 4 rings (SSSR count). The van der Waals surface area contributed by atoms with Gasteiger partial charge < -0.3 is 14.5 Å². The predicted octanol–water partition coefficient (Wildman–Crippen LogP) is 3.40. The van der Waals surface area contributed by atoms with E-state index in [-0.39, 0.29) is 6.10 Å². The summed E-state index contributed by atoms with van der Waals surface area (Å²) in [5.74, 6) is 2.06. The number of benzene rings is 1. The second-order valence-electron chi connectivity index (χ2n) is 6.89. The predicted molar refractivity (Wildman–Crippen MR) is 102 cm³/mol. The van der Waals surface area contributed by atoms with Gasteiger partial charge in [0.25, 0.3) is 0 Å². The van der Waals surface area contributed by atoms with Crippen molar-refractivity contribution in [3.8, 4) is 0 Å². The van der Waals surface area contributed by atoms with Crippen LogP contribution >= 0.6 is 0 Å². The Morgan fingerprint density at radius 1 is 1.00 bits per heavy atom. The van der Waals surface area contributed by atoms with Crippen molar-refractivity contribution in [2.45, 2.75) is 31.8 Å². The van der Waals surface area contributed by atoms with Crippen molar-refractivity contribution in [3.63, 3.8) is 0 Å². The van der Waals surface area contributed by atoms with Crippen molar-refractivity contribution >= 4 is 22.7 Å². The molecule has 0 aliphatic carbocycles. The zero-order valence-electron chi connectivity index (χ0n) is 14.7. The molecular weight excluding hydrogens is 312 g/mol. The third-order valence-electron chi connectivity index (χ3n) is 5.08. The van der Waals surface area contributed by atoms with Crippen LogP contribution in [0.25, 0.3) is 11.0 Å². The van der Waals surface area contributed by atoms with Gasteiger partial charge in [0.2, 0.25) is 0 Å². The highest BCUT2D eigenvalue weighted by Crippen LogP contribution is 2.32. The van der Waals surface area contributed by atoms with Crippen LogP contribution in [0.15, 0.2) is 36.9 Å². The number of hydrogen-bond donors (Lipinski definition) is 0. The molecule has 132 valence electrons. The maximum atomic E-state index is 5.86. The van der Waals surface area contributed by atoms with Gasteiger partial charge in [-0.25, -0.2) is 9.97 Å². The molecule has 0 spiro atoms. The largest absolute Gasteiger partial charge is 0.372 e. The minimum Gasteiger partial charge on any atom is -0.372 e. The molecule has 2 aliphatic heterocycles. The average molecular weight is 338 g/mol. The highest BCUT2D eigenvalue weighted by Gasteiger charge is 2.28. The maximum Gasteiger partial charge on any atom is 0.172 e. The first kappa shape index (κ1) is 16.3. The van der Waals surface area contributed by atoms with E-state index < -0.39 is 0 Å². The van der Waals surface area contributed by atoms with Crippen LogP contribution < -0.4 is 9.80 Å². The van der Waals surface area contributed by atoms with E-state index in [2.05, 4.69) is 22.4 Å². The zero-order valence-corrected chi connectivity index (χ0v) is 14.7. The molecule has 1 unspecified atom stereocenters. The molecule has 0 bridgehead atoms. The molecule has 5 nitrogen and oxygen atoms in total. The third-order valence-corrected chi connectivity index (χ3v) is 5.08. The Kier molecular flexibility index (Phi) is 4.83. The van der Waals surface area contributed by atoms with Crippen molar-refractivity contribution in [2.75, 3.05) is 42.6 Å². The number of hydrogen-bond acceptors (Lipinski definition) is 5. The number of anilines is 2. The second kappa shape index (κ2) is 7.40. The second-order valence-corrected chi connectivity index (χ2v) is 6.89. The van der Waals surface area contributed by atoms with Crippen LogP contribution in [-0.2, 0) is 4.74 Å². The summed E-state index contributed by atoms with van der Waals surface area (Å²) in [4.78, 5) is 14.7. The van der Waals surface area contributed by atoms with Crippen molar-refractivity contribution in [1.82, 2.24) is 9.97 Å². The first-order valence-electron chi connectivity index (χ1n) is 9.34. The van der Waals surface area contributed by atoms with Crippen molar-refractivity contribution < 1.29 is 4.74 Å². The van der Waals surface area contributed by atoms with Crippen LogP contribution in [-0.4, -0.2) is 48.9 Å². The van der Waals surface area contributed by atoms with Crippen LogP contribution in [0.4, 0.5) is 11.6 Å². The lowest BCUT2D eigenvalue weighted by Crippen LogP contribution is -2.33. The summed E-state index contributed by atoms with van der Waals surface area (Å²) in [6.45, 7) is 8.34. The van der Waals surface area contributed by atoms with Crippen molar-refractivity contribution in [2.24, 2.45) is 0 Å². The van der Waals surface area contributed by atoms with Crippen LogP contribution in [0.5, 0.6) is 0 Å². The average Bonchev–Trinajstić information content (AvgIpc) is 3.15. The Balaban J connectivity index is 1.67. The summed E-state index contributed by atoms with van der Waals surface area (Å²) >= 11 is 0.